The first kappa shape index (κ1) is 14.7. The summed E-state index contributed by atoms with van der Waals surface area (Å²) in [6.07, 6.45) is 1.40. The second-order valence-electron chi connectivity index (χ2n) is 4.70. The predicted octanol–water partition coefficient (Wildman–Crippen LogP) is 2.66. The Morgan fingerprint density at radius 3 is 2.52 bits per heavy atom. The van der Waals surface area contributed by atoms with Gasteiger partial charge >= 0.3 is 0 Å². The standard InChI is InChI=1S/C16H16FN3O/c1-20(2)15-8-6-13(7-9-15)16(21)19-18-11-12-4-3-5-14(17)10-12/h3-11H,1-2H3,(H,19,21)/b18-11-. The van der Waals surface area contributed by atoms with Gasteiger partial charge in [0.05, 0.1) is 6.21 Å². The highest BCUT2D eigenvalue weighted by atomic mass is 19.1. The Morgan fingerprint density at radius 2 is 1.90 bits per heavy atom. The number of carbonyl (C=O) groups is 1. The van der Waals surface area contributed by atoms with Crippen LogP contribution in [0, 0.1) is 5.82 Å². The molecule has 0 radical (unpaired) electrons. The molecular formula is C16H16FN3O. The normalized spacial score (nSPS) is 10.6. The van der Waals surface area contributed by atoms with Crippen LogP contribution in [0.5, 0.6) is 0 Å². The summed E-state index contributed by atoms with van der Waals surface area (Å²) >= 11 is 0. The van der Waals surface area contributed by atoms with Crippen LogP contribution in [-0.2, 0) is 0 Å². The highest BCUT2D eigenvalue weighted by Gasteiger charge is 2.04. The van der Waals surface area contributed by atoms with E-state index in [0.717, 1.165) is 5.69 Å². The Labute approximate surface area is 122 Å². The van der Waals surface area contributed by atoms with Gasteiger partial charge in [0.2, 0.25) is 0 Å². The maximum atomic E-state index is 13.0. The average molecular weight is 285 g/mol. The molecule has 2 rings (SSSR count). The molecule has 4 nitrogen and oxygen atoms in total. The number of hydrogen-bond acceptors (Lipinski definition) is 3. The minimum atomic E-state index is -0.343. The lowest BCUT2D eigenvalue weighted by molar-refractivity contribution is 0.0955. The third kappa shape index (κ3) is 4.14. The van der Waals surface area contributed by atoms with Crippen LogP contribution in [0.15, 0.2) is 53.6 Å². The van der Waals surface area contributed by atoms with Crippen molar-refractivity contribution in [2.24, 2.45) is 5.10 Å². The van der Waals surface area contributed by atoms with Crippen molar-refractivity contribution in [2.75, 3.05) is 19.0 Å². The SMILES string of the molecule is CN(C)c1ccc(C(=O)N/N=C\c2cccc(F)c2)cc1. The lowest BCUT2D eigenvalue weighted by Gasteiger charge is -2.12. The highest BCUT2D eigenvalue weighted by molar-refractivity contribution is 5.95. The molecule has 5 heteroatoms. The molecular weight excluding hydrogens is 269 g/mol. The van der Waals surface area contributed by atoms with Gasteiger partial charge in [-0.1, -0.05) is 12.1 Å². The lowest BCUT2D eigenvalue weighted by atomic mass is 10.2. The zero-order valence-corrected chi connectivity index (χ0v) is 11.9. The van der Waals surface area contributed by atoms with Crippen molar-refractivity contribution in [2.45, 2.75) is 0 Å². The van der Waals surface area contributed by atoms with E-state index >= 15 is 0 Å². The Morgan fingerprint density at radius 1 is 1.19 bits per heavy atom. The van der Waals surface area contributed by atoms with Gasteiger partial charge in [0.1, 0.15) is 5.82 Å². The largest absolute Gasteiger partial charge is 0.378 e. The van der Waals surface area contributed by atoms with Crippen LogP contribution < -0.4 is 10.3 Å². The van der Waals surface area contributed by atoms with E-state index in [4.69, 9.17) is 0 Å². The number of carbonyl (C=O) groups excluding carboxylic acids is 1. The van der Waals surface area contributed by atoms with E-state index in [-0.39, 0.29) is 11.7 Å². The molecule has 0 unspecified atom stereocenters. The molecule has 0 aliphatic heterocycles. The molecule has 0 fully saturated rings. The molecule has 0 saturated heterocycles. The third-order valence-electron chi connectivity index (χ3n) is 2.87. The molecule has 0 atom stereocenters. The lowest BCUT2D eigenvalue weighted by Crippen LogP contribution is -2.17. The number of hydrazone groups is 1. The average Bonchev–Trinajstić information content (AvgIpc) is 2.47. The fourth-order valence-corrected chi connectivity index (χ4v) is 1.73. The topological polar surface area (TPSA) is 44.7 Å². The van der Waals surface area contributed by atoms with Crippen LogP contribution in [0.4, 0.5) is 10.1 Å². The van der Waals surface area contributed by atoms with Crippen molar-refractivity contribution in [1.82, 2.24) is 5.43 Å². The molecule has 1 N–H and O–H groups in total. The summed E-state index contributed by atoms with van der Waals surface area (Å²) in [5.41, 5.74) is 4.51. The highest BCUT2D eigenvalue weighted by Crippen LogP contribution is 2.12. The van der Waals surface area contributed by atoms with Crippen molar-refractivity contribution in [3.63, 3.8) is 0 Å². The van der Waals surface area contributed by atoms with Gasteiger partial charge in [-0.05, 0) is 42.0 Å². The first-order valence-electron chi connectivity index (χ1n) is 6.42. The quantitative estimate of drug-likeness (QED) is 0.693. The fraction of sp³-hybridized carbons (Fsp3) is 0.125. The predicted molar refractivity (Wildman–Crippen MR) is 82.2 cm³/mol. The van der Waals surface area contributed by atoms with Gasteiger partial charge in [0, 0.05) is 25.3 Å². The molecule has 0 aliphatic carbocycles. The summed E-state index contributed by atoms with van der Waals surface area (Å²) in [6, 6.07) is 13.1. The van der Waals surface area contributed by atoms with E-state index < -0.39 is 0 Å². The molecule has 2 aromatic rings. The minimum absolute atomic E-state index is 0.312. The van der Waals surface area contributed by atoms with Crippen LogP contribution in [0.1, 0.15) is 15.9 Å². The third-order valence-corrected chi connectivity index (χ3v) is 2.87. The van der Waals surface area contributed by atoms with Crippen molar-refractivity contribution in [3.8, 4) is 0 Å². The molecule has 1 amide bonds. The number of nitrogens with one attached hydrogen (secondary N) is 1. The van der Waals surface area contributed by atoms with Gasteiger partial charge in [-0.25, -0.2) is 9.82 Å². The van der Waals surface area contributed by atoms with Gasteiger partial charge in [-0.15, -0.1) is 0 Å². The van der Waals surface area contributed by atoms with Gasteiger partial charge in [-0.3, -0.25) is 4.79 Å². The van der Waals surface area contributed by atoms with Crippen LogP contribution in [0.3, 0.4) is 0 Å². The van der Waals surface area contributed by atoms with E-state index in [1.807, 2.05) is 31.1 Å². The summed E-state index contributed by atoms with van der Waals surface area (Å²) in [5, 5.41) is 3.81. The van der Waals surface area contributed by atoms with Gasteiger partial charge < -0.3 is 4.90 Å². The maximum Gasteiger partial charge on any atom is 0.271 e. The molecule has 2 aromatic carbocycles. The summed E-state index contributed by atoms with van der Waals surface area (Å²) < 4.78 is 13.0. The molecule has 21 heavy (non-hydrogen) atoms. The molecule has 0 aromatic heterocycles. The summed E-state index contributed by atoms with van der Waals surface area (Å²) in [7, 11) is 3.86. The molecule has 108 valence electrons. The number of hydrogen-bond donors (Lipinski definition) is 1. The second-order valence-corrected chi connectivity index (χ2v) is 4.70. The van der Waals surface area contributed by atoms with Gasteiger partial charge in [0.25, 0.3) is 5.91 Å². The fourth-order valence-electron chi connectivity index (χ4n) is 1.73. The van der Waals surface area contributed by atoms with Crippen LogP contribution in [0.25, 0.3) is 0 Å². The summed E-state index contributed by atoms with van der Waals surface area (Å²) in [4.78, 5) is 13.8. The van der Waals surface area contributed by atoms with E-state index in [1.54, 1.807) is 24.3 Å². The number of benzene rings is 2. The Balaban J connectivity index is 1.98. The van der Waals surface area contributed by atoms with Crippen molar-refractivity contribution >= 4 is 17.8 Å². The van der Waals surface area contributed by atoms with Crippen LogP contribution >= 0.6 is 0 Å². The summed E-state index contributed by atoms with van der Waals surface area (Å²) in [5.74, 6) is -0.655. The van der Waals surface area contributed by atoms with E-state index in [0.29, 0.717) is 11.1 Å². The Bertz CT molecular complexity index is 651. The number of amides is 1. The zero-order valence-electron chi connectivity index (χ0n) is 11.9. The van der Waals surface area contributed by atoms with Gasteiger partial charge in [-0.2, -0.15) is 5.10 Å². The summed E-state index contributed by atoms with van der Waals surface area (Å²) in [6.45, 7) is 0. The number of anilines is 1. The van der Waals surface area contributed by atoms with Gasteiger partial charge in [0.15, 0.2) is 0 Å². The smallest absolute Gasteiger partial charge is 0.271 e. The number of nitrogens with zero attached hydrogens (tertiary/aromatic N) is 2. The monoisotopic (exact) mass is 285 g/mol. The first-order chi connectivity index (χ1) is 10.1. The van der Waals surface area contributed by atoms with E-state index in [1.165, 1.54) is 18.3 Å². The Kier molecular flexibility index (Phi) is 4.66. The van der Waals surface area contributed by atoms with E-state index in [9.17, 15) is 9.18 Å². The Hall–Kier alpha value is -2.69. The van der Waals surface area contributed by atoms with Crippen molar-refractivity contribution < 1.29 is 9.18 Å². The van der Waals surface area contributed by atoms with Crippen LogP contribution in [0.2, 0.25) is 0 Å². The van der Waals surface area contributed by atoms with Crippen molar-refractivity contribution in [1.29, 1.82) is 0 Å². The molecule has 0 bridgehead atoms. The molecule has 0 spiro atoms. The maximum absolute atomic E-state index is 13.0. The molecule has 0 saturated carbocycles. The second kappa shape index (κ2) is 6.65. The first-order valence-corrected chi connectivity index (χ1v) is 6.42. The minimum Gasteiger partial charge on any atom is -0.378 e. The number of halogens is 1. The van der Waals surface area contributed by atoms with E-state index in [2.05, 4.69) is 10.5 Å². The van der Waals surface area contributed by atoms with Crippen molar-refractivity contribution in [3.05, 3.63) is 65.5 Å². The van der Waals surface area contributed by atoms with Crippen LogP contribution in [-0.4, -0.2) is 26.2 Å². The molecule has 0 heterocycles. The zero-order chi connectivity index (χ0) is 15.2. The molecule has 0 aliphatic rings. The number of rotatable bonds is 4.